The molecule has 1 aliphatic rings. The number of halogens is 1. The van der Waals surface area contributed by atoms with Gasteiger partial charge in [0.1, 0.15) is 0 Å². The van der Waals surface area contributed by atoms with Gasteiger partial charge in [0.05, 0.1) is 0 Å². The minimum absolute atomic E-state index is 0.444. The molecule has 2 atom stereocenters. The van der Waals surface area contributed by atoms with Crippen molar-refractivity contribution in [3.8, 4) is 0 Å². The summed E-state index contributed by atoms with van der Waals surface area (Å²) < 4.78 is 0. The third-order valence-electron chi connectivity index (χ3n) is 1.71. The van der Waals surface area contributed by atoms with Crippen LogP contribution < -0.4 is 5.73 Å². The van der Waals surface area contributed by atoms with E-state index in [4.69, 9.17) is 5.73 Å². The van der Waals surface area contributed by atoms with Gasteiger partial charge in [-0.2, -0.15) is 0 Å². The van der Waals surface area contributed by atoms with E-state index in [2.05, 4.69) is 22.9 Å². The second kappa shape index (κ2) is 1.46. The summed E-state index contributed by atoms with van der Waals surface area (Å²) in [4.78, 5) is 0.699. The van der Waals surface area contributed by atoms with Crippen molar-refractivity contribution in [2.24, 2.45) is 11.1 Å². The third kappa shape index (κ3) is 0.820. The van der Waals surface area contributed by atoms with E-state index in [1.807, 2.05) is 0 Å². The van der Waals surface area contributed by atoms with E-state index in [1.54, 1.807) is 0 Å². The molecule has 0 radical (unpaired) electrons. The number of rotatable bonds is 1. The summed E-state index contributed by atoms with van der Waals surface area (Å²) in [5, 5.41) is 0. The fraction of sp³-hybridized carbons (Fsp3) is 1.00. The summed E-state index contributed by atoms with van der Waals surface area (Å²) in [5.41, 5.74) is 5.87. The monoisotopic (exact) mass is 163 g/mol. The Bertz CT molecular complexity index is 80.1. The van der Waals surface area contributed by atoms with Crippen LogP contribution in [0.25, 0.3) is 0 Å². The highest BCUT2D eigenvalue weighted by Gasteiger charge is 2.46. The highest BCUT2D eigenvalue weighted by atomic mass is 79.9. The Labute approximate surface area is 52.4 Å². The van der Waals surface area contributed by atoms with E-state index in [-0.39, 0.29) is 0 Å². The van der Waals surface area contributed by atoms with E-state index >= 15 is 0 Å². The van der Waals surface area contributed by atoms with Crippen LogP contribution in [0.1, 0.15) is 13.3 Å². The van der Waals surface area contributed by atoms with Crippen molar-refractivity contribution >= 4 is 15.9 Å². The number of nitrogens with two attached hydrogens (primary N) is 1. The van der Waals surface area contributed by atoms with Gasteiger partial charge in [-0.05, 0) is 18.4 Å². The van der Waals surface area contributed by atoms with Gasteiger partial charge in [-0.25, -0.2) is 0 Å². The first-order valence-corrected chi connectivity index (χ1v) is 3.45. The van der Waals surface area contributed by atoms with Crippen molar-refractivity contribution in [2.75, 3.05) is 6.54 Å². The molecule has 0 unspecified atom stereocenters. The van der Waals surface area contributed by atoms with Crippen molar-refractivity contribution in [1.29, 1.82) is 0 Å². The zero-order valence-corrected chi connectivity index (χ0v) is 6.03. The van der Waals surface area contributed by atoms with Crippen molar-refractivity contribution in [3.05, 3.63) is 0 Å². The molecule has 1 saturated carbocycles. The van der Waals surface area contributed by atoms with Crippen LogP contribution >= 0.6 is 15.9 Å². The second-order valence-electron chi connectivity index (χ2n) is 2.53. The van der Waals surface area contributed by atoms with Gasteiger partial charge in [0.2, 0.25) is 0 Å². The van der Waals surface area contributed by atoms with Crippen LogP contribution in [0.3, 0.4) is 0 Å². The first-order chi connectivity index (χ1) is 3.19. The summed E-state index contributed by atoms with van der Waals surface area (Å²) in [7, 11) is 0. The minimum Gasteiger partial charge on any atom is -0.330 e. The first-order valence-electron chi connectivity index (χ1n) is 2.53. The van der Waals surface area contributed by atoms with Gasteiger partial charge in [0, 0.05) is 4.83 Å². The predicted molar refractivity (Wildman–Crippen MR) is 34.5 cm³/mol. The molecule has 1 nitrogen and oxygen atoms in total. The maximum Gasteiger partial charge on any atom is 0.0218 e. The van der Waals surface area contributed by atoms with Crippen molar-refractivity contribution in [2.45, 2.75) is 18.2 Å². The van der Waals surface area contributed by atoms with Crippen molar-refractivity contribution in [1.82, 2.24) is 0 Å². The molecule has 0 bridgehead atoms. The van der Waals surface area contributed by atoms with E-state index in [0.717, 1.165) is 6.54 Å². The molecule has 0 aliphatic heterocycles. The zero-order valence-electron chi connectivity index (χ0n) is 4.45. The standard InChI is InChI=1S/C5H10BrN/c1-5(3-7)2-4(5)6/h4H,2-3,7H2,1H3/t4-,5-/m1/s1. The van der Waals surface area contributed by atoms with Crippen LogP contribution in [0, 0.1) is 5.41 Å². The molecule has 1 aliphatic carbocycles. The molecular weight excluding hydrogens is 154 g/mol. The van der Waals surface area contributed by atoms with E-state index in [0.29, 0.717) is 10.2 Å². The SMILES string of the molecule is C[C@]1(CN)C[C@H]1Br. The number of hydrogen-bond acceptors (Lipinski definition) is 1. The highest BCUT2D eigenvalue weighted by Crippen LogP contribution is 2.49. The summed E-state index contributed by atoms with van der Waals surface area (Å²) in [6.07, 6.45) is 1.25. The lowest BCUT2D eigenvalue weighted by Crippen LogP contribution is -2.13. The van der Waals surface area contributed by atoms with E-state index < -0.39 is 0 Å². The highest BCUT2D eigenvalue weighted by molar-refractivity contribution is 9.09. The molecule has 1 fully saturated rings. The van der Waals surface area contributed by atoms with Gasteiger partial charge in [0.15, 0.2) is 0 Å². The number of alkyl halides is 1. The Balaban J connectivity index is 2.36. The molecule has 0 amide bonds. The van der Waals surface area contributed by atoms with Gasteiger partial charge in [0.25, 0.3) is 0 Å². The minimum atomic E-state index is 0.444. The van der Waals surface area contributed by atoms with Gasteiger partial charge >= 0.3 is 0 Å². The molecule has 0 aromatic rings. The van der Waals surface area contributed by atoms with Gasteiger partial charge < -0.3 is 5.73 Å². The summed E-state index contributed by atoms with van der Waals surface area (Å²) in [5.74, 6) is 0. The van der Waals surface area contributed by atoms with Crippen LogP contribution in [0.5, 0.6) is 0 Å². The lowest BCUT2D eigenvalue weighted by atomic mass is 10.2. The molecule has 0 aromatic carbocycles. The quantitative estimate of drug-likeness (QED) is 0.577. The molecule has 0 heterocycles. The smallest absolute Gasteiger partial charge is 0.0218 e. The lowest BCUT2D eigenvalue weighted by Gasteiger charge is -1.99. The molecule has 0 aromatic heterocycles. The molecule has 1 rings (SSSR count). The molecule has 0 spiro atoms. The molecular formula is C5H10BrN. The summed E-state index contributed by atoms with van der Waals surface area (Å²) in [6.45, 7) is 3.02. The summed E-state index contributed by atoms with van der Waals surface area (Å²) in [6, 6.07) is 0. The molecule has 2 heteroatoms. The fourth-order valence-corrected chi connectivity index (χ4v) is 1.49. The van der Waals surface area contributed by atoms with Gasteiger partial charge in [-0.1, -0.05) is 22.9 Å². The molecule has 42 valence electrons. The first kappa shape index (κ1) is 5.57. The van der Waals surface area contributed by atoms with Gasteiger partial charge in [-0.15, -0.1) is 0 Å². The van der Waals surface area contributed by atoms with Crippen molar-refractivity contribution in [3.63, 3.8) is 0 Å². The lowest BCUT2D eigenvalue weighted by molar-refractivity contribution is 0.594. The average molecular weight is 164 g/mol. The van der Waals surface area contributed by atoms with Crippen LogP contribution in [0.2, 0.25) is 0 Å². The largest absolute Gasteiger partial charge is 0.330 e. The normalized spacial score (nSPS) is 49.3. The number of hydrogen-bond donors (Lipinski definition) is 1. The predicted octanol–water partition coefficient (Wildman–Crippen LogP) is 1.12. The van der Waals surface area contributed by atoms with Crippen LogP contribution in [0.4, 0.5) is 0 Å². The maximum atomic E-state index is 5.43. The zero-order chi connectivity index (χ0) is 5.49. The topological polar surface area (TPSA) is 26.0 Å². The third-order valence-corrected chi connectivity index (χ3v) is 3.14. The van der Waals surface area contributed by atoms with Crippen molar-refractivity contribution < 1.29 is 0 Å². The molecule has 2 N–H and O–H groups in total. The molecule has 7 heavy (non-hydrogen) atoms. The Kier molecular flexibility index (Phi) is 1.16. The second-order valence-corrected chi connectivity index (χ2v) is 3.64. The van der Waals surface area contributed by atoms with E-state index in [9.17, 15) is 0 Å². The van der Waals surface area contributed by atoms with Crippen LogP contribution in [0.15, 0.2) is 0 Å². The Morgan fingerprint density at radius 2 is 2.43 bits per heavy atom. The maximum absolute atomic E-state index is 5.43. The Morgan fingerprint density at radius 1 is 2.00 bits per heavy atom. The Hall–Kier alpha value is 0.440. The summed E-state index contributed by atoms with van der Waals surface area (Å²) >= 11 is 3.48. The van der Waals surface area contributed by atoms with E-state index in [1.165, 1.54) is 6.42 Å². The fourth-order valence-electron chi connectivity index (χ4n) is 0.562. The van der Waals surface area contributed by atoms with Crippen LogP contribution in [-0.2, 0) is 0 Å². The Morgan fingerprint density at radius 3 is 2.43 bits per heavy atom. The van der Waals surface area contributed by atoms with Crippen LogP contribution in [-0.4, -0.2) is 11.4 Å². The average Bonchev–Trinajstić information content (AvgIpc) is 2.18. The van der Waals surface area contributed by atoms with Gasteiger partial charge in [-0.3, -0.25) is 0 Å². The molecule has 0 saturated heterocycles.